The van der Waals surface area contributed by atoms with Crippen LogP contribution in [-0.4, -0.2) is 33.3 Å². The summed E-state index contributed by atoms with van der Waals surface area (Å²) in [7, 11) is 1.36. The third-order valence-corrected chi connectivity index (χ3v) is 2.84. The number of nitrogens with one attached hydrogen (secondary N) is 1. The van der Waals surface area contributed by atoms with Gasteiger partial charge in [0.25, 0.3) is 5.56 Å². The molecule has 7 nitrogen and oxygen atoms in total. The summed E-state index contributed by atoms with van der Waals surface area (Å²) in [6.45, 7) is 2.31. The highest BCUT2D eigenvalue weighted by Gasteiger charge is 2.08. The summed E-state index contributed by atoms with van der Waals surface area (Å²) in [6, 6.07) is 1.24. The van der Waals surface area contributed by atoms with Gasteiger partial charge in [-0.2, -0.15) is 0 Å². The van der Waals surface area contributed by atoms with E-state index in [9.17, 15) is 14.4 Å². The van der Waals surface area contributed by atoms with E-state index in [1.807, 2.05) is 6.92 Å². The van der Waals surface area contributed by atoms with E-state index >= 15 is 0 Å². The number of amides is 1. The molecule has 0 aliphatic heterocycles. The molecule has 1 heterocycles. The van der Waals surface area contributed by atoms with Crippen LogP contribution in [-0.2, 0) is 18.4 Å². The molecule has 1 aromatic rings. The van der Waals surface area contributed by atoms with Crippen LogP contribution in [0, 0.1) is 5.92 Å². The van der Waals surface area contributed by atoms with Crippen LogP contribution in [0.1, 0.15) is 13.3 Å². The second kappa shape index (κ2) is 6.89. The number of nitrogens with zero attached hydrogens (tertiary/aromatic N) is 2. The molecule has 1 unspecified atom stereocenters. The number of rotatable bonds is 6. The van der Waals surface area contributed by atoms with Crippen molar-refractivity contribution in [3.8, 4) is 0 Å². The summed E-state index contributed by atoms with van der Waals surface area (Å²) < 4.78 is 2.12. The fraction of sp³-hybridized carbons (Fsp3) is 0.583. The smallest absolute Gasteiger partial charge is 0.331 e. The SMILES string of the molecule is CC(CCO)CNC(=O)Cn1ccc(=O)n(C)c1=O. The van der Waals surface area contributed by atoms with E-state index in [1.54, 1.807) is 0 Å². The van der Waals surface area contributed by atoms with Gasteiger partial charge in [-0.05, 0) is 12.3 Å². The average Bonchev–Trinajstić information content (AvgIpc) is 2.37. The zero-order chi connectivity index (χ0) is 14.4. The van der Waals surface area contributed by atoms with Crippen LogP contribution in [0.3, 0.4) is 0 Å². The number of carbonyl (C=O) groups excluding carboxylic acids is 1. The Morgan fingerprint density at radius 3 is 2.79 bits per heavy atom. The molecule has 0 aliphatic rings. The molecule has 0 saturated carbocycles. The van der Waals surface area contributed by atoms with Crippen LogP contribution >= 0.6 is 0 Å². The van der Waals surface area contributed by atoms with Gasteiger partial charge in [-0.1, -0.05) is 6.92 Å². The first-order chi connectivity index (χ1) is 8.95. The van der Waals surface area contributed by atoms with Crippen molar-refractivity contribution >= 4 is 5.91 Å². The molecule has 0 radical (unpaired) electrons. The molecule has 0 fully saturated rings. The Kier molecular flexibility index (Phi) is 5.50. The molecule has 1 rings (SSSR count). The van der Waals surface area contributed by atoms with Crippen molar-refractivity contribution in [2.24, 2.45) is 13.0 Å². The van der Waals surface area contributed by atoms with Crippen LogP contribution in [0.4, 0.5) is 0 Å². The minimum absolute atomic E-state index is 0.0806. The van der Waals surface area contributed by atoms with Crippen molar-refractivity contribution in [3.05, 3.63) is 33.1 Å². The van der Waals surface area contributed by atoms with Gasteiger partial charge in [0, 0.05) is 32.5 Å². The maximum atomic E-state index is 11.7. The minimum atomic E-state index is -0.522. The number of aliphatic hydroxyl groups excluding tert-OH is 1. The lowest BCUT2D eigenvalue weighted by Crippen LogP contribution is -2.40. The molecule has 19 heavy (non-hydrogen) atoms. The van der Waals surface area contributed by atoms with Crippen molar-refractivity contribution < 1.29 is 9.90 Å². The summed E-state index contributed by atoms with van der Waals surface area (Å²) in [6.07, 6.45) is 1.92. The summed E-state index contributed by atoms with van der Waals surface area (Å²) in [5.41, 5.74) is -0.927. The average molecular weight is 269 g/mol. The lowest BCUT2D eigenvalue weighted by Gasteiger charge is -2.12. The van der Waals surface area contributed by atoms with Gasteiger partial charge in [-0.3, -0.25) is 18.7 Å². The topological polar surface area (TPSA) is 93.3 Å². The quantitative estimate of drug-likeness (QED) is 0.670. The molecule has 0 aromatic carbocycles. The predicted molar refractivity (Wildman–Crippen MR) is 69.8 cm³/mol. The standard InChI is InChI=1S/C12H19N3O4/c1-9(4-6-16)7-13-10(17)8-15-5-3-11(18)14(2)12(15)19/h3,5,9,16H,4,6-8H2,1-2H3,(H,13,17). The zero-order valence-corrected chi connectivity index (χ0v) is 11.1. The fourth-order valence-electron chi connectivity index (χ4n) is 1.56. The van der Waals surface area contributed by atoms with Crippen LogP contribution in [0.25, 0.3) is 0 Å². The summed E-state index contributed by atoms with van der Waals surface area (Å²) in [5, 5.41) is 11.4. The Morgan fingerprint density at radius 1 is 1.47 bits per heavy atom. The summed E-state index contributed by atoms with van der Waals surface area (Å²) >= 11 is 0. The van der Waals surface area contributed by atoms with E-state index in [4.69, 9.17) is 5.11 Å². The molecule has 0 aliphatic carbocycles. The Labute approximate surface area is 110 Å². The number of hydrogen-bond acceptors (Lipinski definition) is 4. The van der Waals surface area contributed by atoms with Crippen molar-refractivity contribution in [2.45, 2.75) is 19.9 Å². The van der Waals surface area contributed by atoms with Gasteiger partial charge in [0.15, 0.2) is 0 Å². The molecule has 7 heteroatoms. The summed E-state index contributed by atoms with van der Waals surface area (Å²) in [4.78, 5) is 34.5. The maximum Gasteiger partial charge on any atom is 0.331 e. The Morgan fingerprint density at radius 2 is 2.16 bits per heavy atom. The van der Waals surface area contributed by atoms with Crippen molar-refractivity contribution in [2.75, 3.05) is 13.2 Å². The van der Waals surface area contributed by atoms with E-state index in [1.165, 1.54) is 23.9 Å². The van der Waals surface area contributed by atoms with Crippen molar-refractivity contribution in [3.63, 3.8) is 0 Å². The van der Waals surface area contributed by atoms with Gasteiger partial charge in [-0.25, -0.2) is 4.79 Å². The minimum Gasteiger partial charge on any atom is -0.396 e. The fourth-order valence-corrected chi connectivity index (χ4v) is 1.56. The first kappa shape index (κ1) is 15.2. The van der Waals surface area contributed by atoms with E-state index in [0.717, 1.165) is 4.57 Å². The Hall–Kier alpha value is -1.89. The highest BCUT2D eigenvalue weighted by atomic mass is 16.3. The maximum absolute atomic E-state index is 11.7. The second-order valence-corrected chi connectivity index (χ2v) is 4.54. The third kappa shape index (κ3) is 4.36. The Bertz CT molecular complexity index is 547. The van der Waals surface area contributed by atoms with Crippen molar-refractivity contribution in [1.29, 1.82) is 0 Å². The van der Waals surface area contributed by atoms with Crippen LogP contribution in [0.15, 0.2) is 21.9 Å². The lowest BCUT2D eigenvalue weighted by molar-refractivity contribution is -0.121. The van der Waals surface area contributed by atoms with Gasteiger partial charge in [0.2, 0.25) is 5.91 Å². The van der Waals surface area contributed by atoms with E-state index in [2.05, 4.69) is 5.32 Å². The Balaban J connectivity index is 2.61. The largest absolute Gasteiger partial charge is 0.396 e. The zero-order valence-electron chi connectivity index (χ0n) is 11.1. The monoisotopic (exact) mass is 269 g/mol. The molecule has 1 atom stereocenters. The molecule has 1 amide bonds. The van der Waals surface area contributed by atoms with E-state index < -0.39 is 11.2 Å². The molecule has 2 N–H and O–H groups in total. The molecule has 106 valence electrons. The van der Waals surface area contributed by atoms with E-state index in [-0.39, 0.29) is 25.0 Å². The van der Waals surface area contributed by atoms with Gasteiger partial charge < -0.3 is 10.4 Å². The highest BCUT2D eigenvalue weighted by Crippen LogP contribution is 1.97. The number of carbonyl (C=O) groups is 1. The second-order valence-electron chi connectivity index (χ2n) is 4.54. The van der Waals surface area contributed by atoms with Gasteiger partial charge in [0.1, 0.15) is 6.54 Å². The van der Waals surface area contributed by atoms with Crippen molar-refractivity contribution in [1.82, 2.24) is 14.5 Å². The lowest BCUT2D eigenvalue weighted by atomic mass is 10.1. The predicted octanol–water partition coefficient (Wildman–Crippen LogP) is -1.32. The van der Waals surface area contributed by atoms with E-state index in [0.29, 0.717) is 13.0 Å². The van der Waals surface area contributed by atoms with Crippen LogP contribution in [0.5, 0.6) is 0 Å². The van der Waals surface area contributed by atoms with Gasteiger partial charge >= 0.3 is 5.69 Å². The molecular formula is C12H19N3O4. The molecule has 0 bridgehead atoms. The summed E-state index contributed by atoms with van der Waals surface area (Å²) in [5.74, 6) is -0.128. The highest BCUT2D eigenvalue weighted by molar-refractivity contribution is 5.75. The number of aliphatic hydroxyl groups is 1. The van der Waals surface area contributed by atoms with Crippen LogP contribution < -0.4 is 16.6 Å². The third-order valence-electron chi connectivity index (χ3n) is 2.84. The molecular weight excluding hydrogens is 250 g/mol. The molecule has 0 spiro atoms. The molecule has 1 aromatic heterocycles. The van der Waals surface area contributed by atoms with Gasteiger partial charge in [-0.15, -0.1) is 0 Å². The van der Waals surface area contributed by atoms with Gasteiger partial charge in [0.05, 0.1) is 0 Å². The molecule has 0 saturated heterocycles. The number of hydrogen-bond donors (Lipinski definition) is 2. The normalized spacial score (nSPS) is 12.2. The first-order valence-electron chi connectivity index (χ1n) is 6.09. The first-order valence-corrected chi connectivity index (χ1v) is 6.09. The number of aromatic nitrogens is 2. The van der Waals surface area contributed by atoms with Crippen LogP contribution in [0.2, 0.25) is 0 Å².